The van der Waals surface area contributed by atoms with Crippen LogP contribution in [0, 0.1) is 89.5 Å². The summed E-state index contributed by atoms with van der Waals surface area (Å²) in [6, 6.07) is 28.1. The van der Waals surface area contributed by atoms with Crippen LogP contribution in [0.25, 0.3) is 0 Å². The van der Waals surface area contributed by atoms with Gasteiger partial charge >= 0.3 is 97.8 Å². The van der Waals surface area contributed by atoms with Gasteiger partial charge in [0.25, 0.3) is 0 Å². The van der Waals surface area contributed by atoms with Gasteiger partial charge in [-0.15, -0.1) is 0 Å². The predicted molar refractivity (Wildman–Crippen MR) is 255 cm³/mol. The molecule has 318 valence electrons. The molecule has 0 aliphatic carbocycles. The van der Waals surface area contributed by atoms with Crippen molar-refractivity contribution in [3.63, 3.8) is 0 Å². The number of anilines is 4. The molecule has 2 aliphatic rings. The second kappa shape index (κ2) is 20.6. The van der Waals surface area contributed by atoms with E-state index < -0.39 is 13.5 Å². The van der Waals surface area contributed by atoms with Crippen LogP contribution in [0.2, 0.25) is 0 Å². The number of rotatable bonds is 7. The quantitative estimate of drug-likeness (QED) is 0.119. The standard InChI is InChI=1S/C21H27N2.C20H25N2.C10H12O.2ClH.Ru/c1-14-9-16(3)20(17(4)10-14)22-7-8-23(13-22)21-18(5)11-15(2)12-19(21)6;1-14-6-7-19(16(3)10-14)21-8-9-22(13-21)20-17(4)11-15(2)12-18(20)5;1-8(2)11-10-7-5-4-6-9(10)3;;;/h9-13H,7-8H2,1-6H3;6-7,10-13H,8-9H2,1-5H3;3-8H,1-2H3;2*1H;/q2*-1;;;;+2/p-2. The molecule has 0 spiro atoms. The van der Waals surface area contributed by atoms with Crippen molar-refractivity contribution in [3.8, 4) is 5.75 Å². The minimum Gasteiger partial charge on any atom is -0.502 e. The number of nitrogens with zero attached hydrogens (tertiary/aromatic N) is 4. The molecular weight excluding hydrogens is 857 g/mol. The van der Waals surface area contributed by atoms with Gasteiger partial charge in [0.1, 0.15) is 0 Å². The van der Waals surface area contributed by atoms with Crippen LogP contribution in [0.1, 0.15) is 80.6 Å². The zero-order chi connectivity index (χ0) is 43.1. The molecule has 0 saturated carbocycles. The summed E-state index contributed by atoms with van der Waals surface area (Å²) in [7, 11) is 11.6. The Morgan fingerprint density at radius 1 is 0.508 bits per heavy atom. The van der Waals surface area contributed by atoms with Crippen molar-refractivity contribution in [3.05, 3.63) is 159 Å². The first-order valence-electron chi connectivity index (χ1n) is 20.6. The van der Waals surface area contributed by atoms with E-state index in [4.69, 9.17) is 24.1 Å². The van der Waals surface area contributed by atoms with Gasteiger partial charge in [-0.3, -0.25) is 0 Å². The third-order valence-corrected chi connectivity index (χ3v) is 12.5. The molecule has 8 heteroatoms. The van der Waals surface area contributed by atoms with E-state index in [1.807, 2.05) is 42.7 Å². The molecule has 0 aromatic heterocycles. The number of halogens is 2. The molecule has 0 N–H and O–H groups in total. The summed E-state index contributed by atoms with van der Waals surface area (Å²) in [5.74, 6) is 0.850. The molecule has 5 aromatic carbocycles. The van der Waals surface area contributed by atoms with Crippen LogP contribution in [0.5, 0.6) is 5.75 Å². The van der Waals surface area contributed by atoms with Crippen molar-refractivity contribution < 1.29 is 18.3 Å². The molecule has 0 atom stereocenters. The smallest absolute Gasteiger partial charge is 0.0146 e. The van der Waals surface area contributed by atoms with Crippen LogP contribution in [-0.2, 0) is 13.5 Å². The van der Waals surface area contributed by atoms with Crippen molar-refractivity contribution in [1.29, 1.82) is 0 Å². The maximum Gasteiger partial charge on any atom is 0.0146 e. The van der Waals surface area contributed by atoms with E-state index in [-0.39, 0.29) is 6.10 Å². The van der Waals surface area contributed by atoms with E-state index in [0.29, 0.717) is 0 Å². The summed E-state index contributed by atoms with van der Waals surface area (Å²) in [6.45, 7) is 36.8. The third-order valence-electron chi connectivity index (χ3n) is 10.6. The van der Waals surface area contributed by atoms with Crippen molar-refractivity contribution in [2.75, 3.05) is 45.8 Å². The molecule has 5 nitrogen and oxygen atoms in total. The van der Waals surface area contributed by atoms with Gasteiger partial charge in [0.15, 0.2) is 0 Å². The summed E-state index contributed by atoms with van der Waals surface area (Å²) < 4.78 is 7.51. The fraction of sp³-hybridized carbons (Fsp3) is 0.353. The molecule has 2 aliphatic heterocycles. The molecule has 59 heavy (non-hydrogen) atoms. The summed E-state index contributed by atoms with van der Waals surface area (Å²) in [4.78, 5) is 9.57. The third kappa shape index (κ3) is 12.1. The Morgan fingerprint density at radius 3 is 1.27 bits per heavy atom. The van der Waals surface area contributed by atoms with Crippen LogP contribution >= 0.6 is 19.4 Å². The normalized spacial score (nSPS) is 13.9. The fourth-order valence-corrected chi connectivity index (χ4v) is 10.5. The number of benzene rings is 5. The largest absolute Gasteiger partial charge is 0.502 e. The summed E-state index contributed by atoms with van der Waals surface area (Å²) in [6.07, 6.45) is 0.163. The molecule has 5 aromatic rings. The van der Waals surface area contributed by atoms with E-state index in [2.05, 4.69) is 164 Å². The Morgan fingerprint density at radius 2 is 0.881 bits per heavy atom. The van der Waals surface area contributed by atoms with Gasteiger partial charge in [-0.1, -0.05) is 70.8 Å². The Labute approximate surface area is 369 Å². The fourth-order valence-electron chi connectivity index (χ4n) is 8.70. The van der Waals surface area contributed by atoms with Crippen LogP contribution in [0.4, 0.5) is 22.7 Å². The molecule has 0 unspecified atom stereocenters. The average molecular weight is 921 g/mol. The van der Waals surface area contributed by atoms with Crippen LogP contribution < -0.4 is 24.3 Å². The monoisotopic (exact) mass is 920 g/mol. The zero-order valence-corrected chi connectivity index (χ0v) is 40.7. The van der Waals surface area contributed by atoms with E-state index >= 15 is 0 Å². The Bertz CT molecular complexity index is 2150. The minimum absolute atomic E-state index is 0.163. The van der Waals surface area contributed by atoms with Crippen molar-refractivity contribution in [2.45, 2.75) is 96.1 Å². The minimum atomic E-state index is -1.77. The van der Waals surface area contributed by atoms with Crippen LogP contribution in [0.15, 0.2) is 78.9 Å². The maximum absolute atomic E-state index is 5.82. The molecule has 2 heterocycles. The first-order chi connectivity index (χ1) is 27.9. The second-order valence-corrected chi connectivity index (χ2v) is 22.3. The van der Waals surface area contributed by atoms with E-state index in [1.165, 1.54) is 83.9 Å². The van der Waals surface area contributed by atoms with Gasteiger partial charge < -0.3 is 19.6 Å². The maximum atomic E-state index is 5.82. The second-order valence-electron chi connectivity index (χ2n) is 16.5. The van der Waals surface area contributed by atoms with Gasteiger partial charge in [-0.05, 0) is 121 Å². The van der Waals surface area contributed by atoms with Gasteiger partial charge in [0.2, 0.25) is 0 Å². The van der Waals surface area contributed by atoms with Gasteiger partial charge in [0, 0.05) is 48.9 Å². The molecule has 2 saturated heterocycles. The van der Waals surface area contributed by atoms with Gasteiger partial charge in [-0.2, -0.15) is 13.3 Å². The summed E-state index contributed by atoms with van der Waals surface area (Å²) in [5.41, 5.74) is 21.2. The Hall–Kier alpha value is -3.83. The van der Waals surface area contributed by atoms with E-state index in [9.17, 15) is 0 Å². The molecule has 0 radical (unpaired) electrons. The number of aryl methyl sites for hydroxylation is 11. The Kier molecular flexibility index (Phi) is 16.2. The van der Waals surface area contributed by atoms with E-state index in [0.717, 1.165) is 37.5 Å². The van der Waals surface area contributed by atoms with Crippen molar-refractivity contribution in [2.24, 2.45) is 0 Å². The topological polar surface area (TPSA) is 22.2 Å². The summed E-state index contributed by atoms with van der Waals surface area (Å²) >= 11 is -1.77. The molecular formula is C51H64Cl2N4ORu-2. The van der Waals surface area contributed by atoms with Crippen LogP contribution in [-0.4, -0.2) is 36.9 Å². The van der Waals surface area contributed by atoms with Crippen molar-refractivity contribution in [1.82, 2.24) is 0 Å². The molecule has 2 fully saturated rings. The molecule has 0 bridgehead atoms. The van der Waals surface area contributed by atoms with Crippen molar-refractivity contribution >= 4 is 46.7 Å². The summed E-state index contributed by atoms with van der Waals surface area (Å²) in [5, 5.41) is 0. The first-order valence-corrected chi connectivity index (χ1v) is 26.1. The SMILES string of the molecule is CC(C)Oc1ccccc1[CH]=[Ru]([Cl])[Cl].Cc1cc(C)c(N2[CH-]N(c3c(C)cc(C)cc3C)CC2)c(C)c1.Cc1ccc(N2[CH-]N(c3c(C)cc(C)cc3C)CC2)c(C)c1. The van der Waals surface area contributed by atoms with Crippen LogP contribution in [0.3, 0.4) is 0 Å². The molecule has 0 amide bonds. The first kappa shape index (κ1) is 46.2. The van der Waals surface area contributed by atoms with Gasteiger partial charge in [0.05, 0.1) is 0 Å². The number of para-hydroxylation sites is 1. The Balaban J connectivity index is 0.000000174. The molecule has 7 rings (SSSR count). The predicted octanol–water partition coefficient (Wildman–Crippen LogP) is 13.2. The number of hydrogen-bond donors (Lipinski definition) is 0. The number of ether oxygens (including phenoxy) is 1. The van der Waals surface area contributed by atoms with E-state index in [1.54, 1.807) is 0 Å². The number of hydrogen-bond acceptors (Lipinski definition) is 5. The zero-order valence-electron chi connectivity index (χ0n) is 37.4. The average Bonchev–Trinajstić information content (AvgIpc) is 3.79. The van der Waals surface area contributed by atoms with Gasteiger partial charge in [-0.25, -0.2) is 0 Å².